The minimum atomic E-state index is -0.285. The van der Waals surface area contributed by atoms with Crippen molar-refractivity contribution in [1.29, 1.82) is 0 Å². The van der Waals surface area contributed by atoms with Crippen LogP contribution >= 0.6 is 0 Å². The summed E-state index contributed by atoms with van der Waals surface area (Å²) in [7, 11) is 1.66. The van der Waals surface area contributed by atoms with Crippen LogP contribution in [0.4, 0.5) is 5.69 Å². The number of anilines is 1. The third-order valence-corrected chi connectivity index (χ3v) is 5.52. The zero-order chi connectivity index (χ0) is 20.9. The van der Waals surface area contributed by atoms with Crippen LogP contribution in [-0.4, -0.2) is 13.0 Å². The van der Waals surface area contributed by atoms with Crippen molar-refractivity contribution in [3.8, 4) is 5.75 Å². The molecule has 30 heavy (non-hydrogen) atoms. The fraction of sp³-hybridized carbons (Fsp3) is 0.148. The van der Waals surface area contributed by atoms with Gasteiger partial charge in [0.1, 0.15) is 5.75 Å². The van der Waals surface area contributed by atoms with Gasteiger partial charge in [0.25, 0.3) is 0 Å². The maximum absolute atomic E-state index is 13.2. The molecule has 1 N–H and O–H groups in total. The number of methoxy groups -OCH3 is 1. The van der Waals surface area contributed by atoms with Crippen molar-refractivity contribution in [2.75, 3.05) is 12.4 Å². The lowest BCUT2D eigenvalue weighted by atomic mass is 9.94. The molecule has 0 saturated heterocycles. The summed E-state index contributed by atoms with van der Waals surface area (Å²) in [6.07, 6.45) is 0.684. The average Bonchev–Trinajstić information content (AvgIpc) is 2.80. The van der Waals surface area contributed by atoms with Crippen molar-refractivity contribution in [3.05, 3.63) is 108 Å². The van der Waals surface area contributed by atoms with Crippen LogP contribution in [0.3, 0.4) is 0 Å². The Kier molecular flexibility index (Phi) is 5.80. The van der Waals surface area contributed by atoms with E-state index in [0.29, 0.717) is 6.42 Å². The van der Waals surface area contributed by atoms with Crippen LogP contribution in [0.25, 0.3) is 10.8 Å². The van der Waals surface area contributed by atoms with Crippen LogP contribution in [0.15, 0.2) is 91.0 Å². The highest BCUT2D eigenvalue weighted by Crippen LogP contribution is 2.31. The van der Waals surface area contributed by atoms with Crippen molar-refractivity contribution in [3.63, 3.8) is 0 Å². The Labute approximate surface area is 177 Å². The lowest BCUT2D eigenvalue weighted by Gasteiger charge is -2.18. The molecule has 0 spiro atoms. The first-order valence-corrected chi connectivity index (χ1v) is 10.2. The number of hydrogen-bond acceptors (Lipinski definition) is 2. The zero-order valence-electron chi connectivity index (χ0n) is 17.3. The van der Waals surface area contributed by atoms with E-state index in [1.54, 1.807) is 7.11 Å². The van der Waals surface area contributed by atoms with Crippen molar-refractivity contribution < 1.29 is 9.53 Å². The molecule has 4 aromatic rings. The quantitative estimate of drug-likeness (QED) is 0.423. The fourth-order valence-electron chi connectivity index (χ4n) is 3.87. The maximum atomic E-state index is 13.2. The molecule has 1 unspecified atom stereocenters. The van der Waals surface area contributed by atoms with Gasteiger partial charge in [-0.05, 0) is 41.0 Å². The summed E-state index contributed by atoms with van der Waals surface area (Å²) >= 11 is 0. The van der Waals surface area contributed by atoms with Crippen LogP contribution in [0.5, 0.6) is 5.75 Å². The Bertz CT molecular complexity index is 1160. The van der Waals surface area contributed by atoms with E-state index in [-0.39, 0.29) is 11.8 Å². The lowest BCUT2D eigenvalue weighted by Crippen LogP contribution is -2.20. The molecule has 4 aromatic carbocycles. The number of benzene rings is 4. The number of ether oxygens (including phenoxy) is 1. The van der Waals surface area contributed by atoms with Crippen LogP contribution < -0.4 is 10.1 Å². The molecule has 1 atom stereocenters. The molecule has 150 valence electrons. The Balaban J connectivity index is 1.64. The maximum Gasteiger partial charge on any atom is 0.231 e. The van der Waals surface area contributed by atoms with Crippen LogP contribution in [0, 0.1) is 0 Å². The first kappa shape index (κ1) is 19.7. The van der Waals surface area contributed by atoms with Gasteiger partial charge < -0.3 is 10.1 Å². The average molecular weight is 396 g/mol. The molecule has 1 amide bonds. The summed E-state index contributed by atoms with van der Waals surface area (Å²) in [5.74, 6) is 0.454. The number of hydrogen-bond donors (Lipinski definition) is 1. The van der Waals surface area contributed by atoms with Gasteiger partial charge in [-0.1, -0.05) is 78.9 Å². The number of carbonyl (C=O) groups is 1. The number of nitrogens with one attached hydrogen (secondary N) is 1. The van der Waals surface area contributed by atoms with Gasteiger partial charge in [0.05, 0.1) is 13.0 Å². The summed E-state index contributed by atoms with van der Waals surface area (Å²) in [6, 6.07) is 30.3. The summed E-state index contributed by atoms with van der Waals surface area (Å²) in [5.41, 5.74) is 3.96. The van der Waals surface area contributed by atoms with Crippen molar-refractivity contribution in [2.24, 2.45) is 0 Å². The third kappa shape index (κ3) is 4.06. The van der Waals surface area contributed by atoms with E-state index in [1.807, 2.05) is 67.6 Å². The normalized spacial score (nSPS) is 11.8. The second-order valence-electron chi connectivity index (χ2n) is 7.43. The topological polar surface area (TPSA) is 38.3 Å². The zero-order valence-corrected chi connectivity index (χ0v) is 17.3. The predicted molar refractivity (Wildman–Crippen MR) is 123 cm³/mol. The standard InChI is InChI=1S/C27H25NO2/c1-19(22-15-8-13-21-12-6-7-14-23(21)22)27(29)28-25-16-9-17-26(30-2)24(25)18-20-10-4-3-5-11-20/h3-17,19H,18H2,1-2H3,(H,28,29). The molecular formula is C27H25NO2. The number of rotatable bonds is 6. The molecule has 0 heterocycles. The Morgan fingerprint density at radius 1 is 0.867 bits per heavy atom. The minimum Gasteiger partial charge on any atom is -0.496 e. The molecule has 0 saturated carbocycles. The first-order chi connectivity index (χ1) is 14.7. The Morgan fingerprint density at radius 3 is 2.37 bits per heavy atom. The van der Waals surface area contributed by atoms with Gasteiger partial charge in [-0.15, -0.1) is 0 Å². The van der Waals surface area contributed by atoms with Gasteiger partial charge in [0.2, 0.25) is 5.91 Å². The smallest absolute Gasteiger partial charge is 0.231 e. The van der Waals surface area contributed by atoms with Gasteiger partial charge in [-0.3, -0.25) is 4.79 Å². The van der Waals surface area contributed by atoms with Gasteiger partial charge >= 0.3 is 0 Å². The fourth-order valence-corrected chi connectivity index (χ4v) is 3.87. The van der Waals surface area contributed by atoms with Crippen molar-refractivity contribution in [1.82, 2.24) is 0 Å². The highest BCUT2D eigenvalue weighted by Gasteiger charge is 2.20. The van der Waals surface area contributed by atoms with E-state index >= 15 is 0 Å². The van der Waals surface area contributed by atoms with Crippen LogP contribution in [0.2, 0.25) is 0 Å². The molecule has 0 bridgehead atoms. The summed E-state index contributed by atoms with van der Waals surface area (Å²) in [6.45, 7) is 1.95. The molecule has 3 heteroatoms. The molecule has 3 nitrogen and oxygen atoms in total. The second-order valence-corrected chi connectivity index (χ2v) is 7.43. The van der Waals surface area contributed by atoms with Gasteiger partial charge in [0, 0.05) is 17.7 Å². The van der Waals surface area contributed by atoms with E-state index < -0.39 is 0 Å². The van der Waals surface area contributed by atoms with Crippen LogP contribution in [-0.2, 0) is 11.2 Å². The molecule has 4 rings (SSSR count). The summed E-state index contributed by atoms with van der Waals surface area (Å²) in [5, 5.41) is 5.40. The van der Waals surface area contributed by atoms with Crippen LogP contribution in [0.1, 0.15) is 29.5 Å². The first-order valence-electron chi connectivity index (χ1n) is 10.2. The van der Waals surface area contributed by atoms with E-state index in [9.17, 15) is 4.79 Å². The monoisotopic (exact) mass is 395 g/mol. The SMILES string of the molecule is COc1cccc(NC(=O)C(C)c2cccc3ccccc23)c1Cc1ccccc1. The van der Waals surface area contributed by atoms with Crippen molar-refractivity contribution >= 4 is 22.4 Å². The Morgan fingerprint density at radius 2 is 1.57 bits per heavy atom. The van der Waals surface area contributed by atoms with Gasteiger partial charge in [-0.2, -0.15) is 0 Å². The third-order valence-electron chi connectivity index (χ3n) is 5.52. The highest BCUT2D eigenvalue weighted by molar-refractivity contribution is 6.00. The molecule has 0 radical (unpaired) electrons. The molecule has 0 aromatic heterocycles. The van der Waals surface area contributed by atoms with Gasteiger partial charge in [0.15, 0.2) is 0 Å². The molecule has 0 aliphatic rings. The highest BCUT2D eigenvalue weighted by atomic mass is 16.5. The predicted octanol–water partition coefficient (Wildman–Crippen LogP) is 6.18. The van der Waals surface area contributed by atoms with E-state index in [0.717, 1.165) is 33.3 Å². The van der Waals surface area contributed by atoms with E-state index in [2.05, 4.69) is 35.6 Å². The summed E-state index contributed by atoms with van der Waals surface area (Å²) < 4.78 is 5.59. The number of carbonyl (C=O) groups excluding carboxylic acids is 1. The van der Waals surface area contributed by atoms with E-state index in [4.69, 9.17) is 4.74 Å². The number of fused-ring (bicyclic) bond motifs is 1. The lowest BCUT2D eigenvalue weighted by molar-refractivity contribution is -0.117. The minimum absolute atomic E-state index is 0.0334. The van der Waals surface area contributed by atoms with E-state index in [1.165, 1.54) is 5.56 Å². The summed E-state index contributed by atoms with van der Waals surface area (Å²) in [4.78, 5) is 13.2. The number of amides is 1. The molecular weight excluding hydrogens is 370 g/mol. The second kappa shape index (κ2) is 8.83. The van der Waals surface area contributed by atoms with Crippen molar-refractivity contribution in [2.45, 2.75) is 19.3 Å². The molecule has 0 fully saturated rings. The molecule has 0 aliphatic heterocycles. The largest absolute Gasteiger partial charge is 0.496 e. The Hall–Kier alpha value is -3.59. The molecule has 0 aliphatic carbocycles. The van der Waals surface area contributed by atoms with Gasteiger partial charge in [-0.25, -0.2) is 0 Å².